The summed E-state index contributed by atoms with van der Waals surface area (Å²) in [6.45, 7) is 0.451. The van der Waals surface area contributed by atoms with Crippen LogP contribution in [0.4, 0.5) is 4.39 Å². The highest BCUT2D eigenvalue weighted by Gasteiger charge is 2.02. The zero-order chi connectivity index (χ0) is 11.5. The van der Waals surface area contributed by atoms with Crippen LogP contribution in [0.1, 0.15) is 4.88 Å². The summed E-state index contributed by atoms with van der Waals surface area (Å²) in [5, 5.41) is 0. The van der Waals surface area contributed by atoms with Gasteiger partial charge in [0.05, 0.1) is 3.79 Å². The summed E-state index contributed by atoms with van der Waals surface area (Å²) in [6.07, 6.45) is 0. The molecule has 0 radical (unpaired) electrons. The van der Waals surface area contributed by atoms with Crippen molar-refractivity contribution < 1.29 is 9.13 Å². The molecule has 0 aliphatic heterocycles. The average molecular weight is 366 g/mol. The van der Waals surface area contributed by atoms with Crippen LogP contribution in [0.2, 0.25) is 0 Å². The van der Waals surface area contributed by atoms with E-state index in [1.807, 2.05) is 12.1 Å². The number of hydrogen-bond acceptors (Lipinski definition) is 2. The van der Waals surface area contributed by atoms with Crippen molar-refractivity contribution in [2.75, 3.05) is 0 Å². The summed E-state index contributed by atoms with van der Waals surface area (Å²) in [6, 6.07) is 8.45. The minimum atomic E-state index is -0.309. The Morgan fingerprint density at radius 2 is 2.00 bits per heavy atom. The highest BCUT2D eigenvalue weighted by molar-refractivity contribution is 9.11. The van der Waals surface area contributed by atoms with Crippen LogP contribution < -0.4 is 4.74 Å². The fourth-order valence-electron chi connectivity index (χ4n) is 1.20. The van der Waals surface area contributed by atoms with E-state index < -0.39 is 0 Å². The fraction of sp³-hybridized carbons (Fsp3) is 0.0909. The summed E-state index contributed by atoms with van der Waals surface area (Å²) in [4.78, 5) is 1.09. The van der Waals surface area contributed by atoms with E-state index >= 15 is 0 Å². The van der Waals surface area contributed by atoms with Crippen molar-refractivity contribution in [3.05, 3.63) is 49.3 Å². The van der Waals surface area contributed by atoms with Crippen LogP contribution in [0.5, 0.6) is 5.75 Å². The highest BCUT2D eigenvalue weighted by Crippen LogP contribution is 2.25. The summed E-state index contributed by atoms with van der Waals surface area (Å²) in [5.74, 6) is 0.216. The third-order valence-corrected chi connectivity index (χ3v) is 3.90. The quantitative estimate of drug-likeness (QED) is 0.744. The lowest BCUT2D eigenvalue weighted by molar-refractivity contribution is 0.308. The lowest BCUT2D eigenvalue weighted by Crippen LogP contribution is -1.93. The van der Waals surface area contributed by atoms with E-state index in [1.54, 1.807) is 17.4 Å². The van der Waals surface area contributed by atoms with E-state index in [-0.39, 0.29) is 5.82 Å². The predicted molar refractivity (Wildman–Crippen MR) is 70.5 cm³/mol. The van der Waals surface area contributed by atoms with Gasteiger partial charge in [-0.2, -0.15) is 0 Å². The van der Waals surface area contributed by atoms with Crippen LogP contribution in [0.25, 0.3) is 0 Å². The summed E-state index contributed by atoms with van der Waals surface area (Å²) in [5.41, 5.74) is 0. The lowest BCUT2D eigenvalue weighted by atomic mass is 10.3. The Morgan fingerprint density at radius 3 is 2.62 bits per heavy atom. The van der Waals surface area contributed by atoms with Crippen molar-refractivity contribution in [1.82, 2.24) is 0 Å². The summed E-state index contributed by atoms with van der Waals surface area (Å²) < 4.78 is 20.3. The molecule has 0 amide bonds. The summed E-state index contributed by atoms with van der Waals surface area (Å²) in [7, 11) is 0. The molecule has 1 heterocycles. The van der Waals surface area contributed by atoms with Crippen LogP contribution in [-0.2, 0) is 6.61 Å². The molecule has 0 unspecified atom stereocenters. The Morgan fingerprint density at radius 1 is 1.19 bits per heavy atom. The number of rotatable bonds is 3. The molecule has 84 valence electrons. The summed E-state index contributed by atoms with van der Waals surface area (Å²) >= 11 is 8.20. The molecule has 16 heavy (non-hydrogen) atoms. The van der Waals surface area contributed by atoms with E-state index in [4.69, 9.17) is 4.74 Å². The number of benzene rings is 1. The second kappa shape index (κ2) is 5.29. The molecule has 5 heteroatoms. The SMILES string of the molecule is Fc1cc(Br)cc(OCc2ccc(Br)s2)c1. The Hall–Kier alpha value is -0.390. The molecular weight excluding hydrogens is 359 g/mol. The molecule has 0 aliphatic carbocycles. The van der Waals surface area contributed by atoms with Crippen molar-refractivity contribution in [2.45, 2.75) is 6.61 Å². The van der Waals surface area contributed by atoms with Crippen molar-refractivity contribution in [3.8, 4) is 5.75 Å². The van der Waals surface area contributed by atoms with E-state index in [0.29, 0.717) is 16.8 Å². The van der Waals surface area contributed by atoms with Gasteiger partial charge in [0, 0.05) is 15.4 Å². The largest absolute Gasteiger partial charge is 0.488 e. The van der Waals surface area contributed by atoms with Crippen molar-refractivity contribution >= 4 is 43.2 Å². The molecule has 1 nitrogen and oxygen atoms in total. The van der Waals surface area contributed by atoms with Gasteiger partial charge in [0.15, 0.2) is 0 Å². The van der Waals surface area contributed by atoms with Crippen molar-refractivity contribution in [2.24, 2.45) is 0 Å². The van der Waals surface area contributed by atoms with Gasteiger partial charge in [-0.3, -0.25) is 0 Å². The first-order valence-electron chi connectivity index (χ1n) is 4.46. The van der Waals surface area contributed by atoms with Gasteiger partial charge in [0.25, 0.3) is 0 Å². The lowest BCUT2D eigenvalue weighted by Gasteiger charge is -2.05. The molecule has 0 saturated carbocycles. The van der Waals surface area contributed by atoms with Crippen LogP contribution in [-0.4, -0.2) is 0 Å². The van der Waals surface area contributed by atoms with Gasteiger partial charge in [-0.05, 0) is 40.2 Å². The predicted octanol–water partition coefficient (Wildman–Crippen LogP) is 4.99. The third-order valence-electron chi connectivity index (χ3n) is 1.85. The van der Waals surface area contributed by atoms with Crippen LogP contribution in [0.15, 0.2) is 38.6 Å². The van der Waals surface area contributed by atoms with Crippen LogP contribution >= 0.6 is 43.2 Å². The zero-order valence-corrected chi connectivity index (χ0v) is 12.0. The molecule has 2 aromatic rings. The highest BCUT2D eigenvalue weighted by atomic mass is 79.9. The molecule has 0 bridgehead atoms. The maximum Gasteiger partial charge on any atom is 0.128 e. The standard InChI is InChI=1S/C11H7Br2FOS/c12-7-3-8(14)5-9(4-7)15-6-10-1-2-11(13)16-10/h1-5H,6H2. The number of halogens is 3. The Labute approximate surface area is 114 Å². The third kappa shape index (κ3) is 3.30. The topological polar surface area (TPSA) is 9.23 Å². The van der Waals surface area contributed by atoms with Gasteiger partial charge in [0.2, 0.25) is 0 Å². The van der Waals surface area contributed by atoms with Gasteiger partial charge >= 0.3 is 0 Å². The first-order chi connectivity index (χ1) is 7.63. The molecule has 0 fully saturated rings. The molecule has 0 aliphatic rings. The van der Waals surface area contributed by atoms with Gasteiger partial charge in [-0.1, -0.05) is 15.9 Å². The van der Waals surface area contributed by atoms with Gasteiger partial charge < -0.3 is 4.74 Å². The fourth-order valence-corrected chi connectivity index (χ4v) is 3.04. The molecule has 0 N–H and O–H groups in total. The normalized spacial score (nSPS) is 10.4. The Bertz CT molecular complexity index is 478. The van der Waals surface area contributed by atoms with Crippen LogP contribution in [0.3, 0.4) is 0 Å². The first-order valence-corrected chi connectivity index (χ1v) is 6.87. The number of thiophene rings is 1. The molecule has 1 aromatic carbocycles. The number of hydrogen-bond donors (Lipinski definition) is 0. The molecule has 0 saturated heterocycles. The average Bonchev–Trinajstić information content (AvgIpc) is 2.60. The van der Waals surface area contributed by atoms with Crippen molar-refractivity contribution in [3.63, 3.8) is 0 Å². The second-order valence-electron chi connectivity index (χ2n) is 3.10. The molecule has 2 rings (SSSR count). The van der Waals surface area contributed by atoms with Crippen molar-refractivity contribution in [1.29, 1.82) is 0 Å². The maximum atomic E-state index is 13.0. The monoisotopic (exact) mass is 364 g/mol. The van der Waals surface area contributed by atoms with Crippen LogP contribution in [0, 0.1) is 5.82 Å². The number of ether oxygens (including phenoxy) is 1. The Balaban J connectivity index is 2.04. The smallest absolute Gasteiger partial charge is 0.128 e. The second-order valence-corrected chi connectivity index (χ2v) is 6.56. The van der Waals surface area contributed by atoms with Gasteiger partial charge in [-0.25, -0.2) is 4.39 Å². The van der Waals surface area contributed by atoms with Gasteiger partial charge in [0.1, 0.15) is 18.2 Å². The van der Waals surface area contributed by atoms with E-state index in [1.165, 1.54) is 12.1 Å². The van der Waals surface area contributed by atoms with E-state index in [9.17, 15) is 4.39 Å². The minimum absolute atomic E-state index is 0.309. The molecule has 1 aromatic heterocycles. The van der Waals surface area contributed by atoms with E-state index in [2.05, 4.69) is 31.9 Å². The van der Waals surface area contributed by atoms with E-state index in [0.717, 1.165) is 8.66 Å². The Kier molecular flexibility index (Phi) is 4.00. The molecule has 0 spiro atoms. The first kappa shape index (κ1) is 12.1. The molecule has 0 atom stereocenters. The zero-order valence-electron chi connectivity index (χ0n) is 8.04. The minimum Gasteiger partial charge on any atom is -0.488 e. The molecular formula is C11H7Br2FOS. The maximum absolute atomic E-state index is 13.0. The van der Waals surface area contributed by atoms with Gasteiger partial charge in [-0.15, -0.1) is 11.3 Å².